The van der Waals surface area contributed by atoms with Crippen LogP contribution in [0.25, 0.3) is 16.7 Å². The van der Waals surface area contributed by atoms with Crippen LogP contribution in [0.3, 0.4) is 0 Å². The van der Waals surface area contributed by atoms with Crippen molar-refractivity contribution in [1.29, 1.82) is 5.26 Å². The van der Waals surface area contributed by atoms with Gasteiger partial charge in [0.05, 0.1) is 46.9 Å². The summed E-state index contributed by atoms with van der Waals surface area (Å²) >= 11 is 0. The van der Waals surface area contributed by atoms with E-state index in [0.717, 1.165) is 34.3 Å². The van der Waals surface area contributed by atoms with E-state index in [1.807, 2.05) is 23.6 Å². The summed E-state index contributed by atoms with van der Waals surface area (Å²) in [6, 6.07) is 17.9. The van der Waals surface area contributed by atoms with E-state index in [4.69, 9.17) is 9.73 Å². The molecule has 1 aliphatic heterocycles. The van der Waals surface area contributed by atoms with Gasteiger partial charge in [0.15, 0.2) is 0 Å². The van der Waals surface area contributed by atoms with Gasteiger partial charge in [-0.1, -0.05) is 25.6 Å². The lowest BCUT2D eigenvalue weighted by Crippen LogP contribution is -2.26. The number of halogens is 1. The van der Waals surface area contributed by atoms with Gasteiger partial charge >= 0.3 is 0 Å². The Morgan fingerprint density at radius 2 is 1.94 bits per heavy atom. The van der Waals surface area contributed by atoms with Crippen LogP contribution in [-0.2, 0) is 6.54 Å². The van der Waals surface area contributed by atoms with E-state index in [1.54, 1.807) is 36.7 Å². The predicted octanol–water partition coefficient (Wildman–Crippen LogP) is 5.54. The van der Waals surface area contributed by atoms with Crippen molar-refractivity contribution in [3.63, 3.8) is 0 Å². The van der Waals surface area contributed by atoms with Crippen molar-refractivity contribution < 1.29 is 9.13 Å². The number of imidazole rings is 1. The molecule has 0 amide bonds. The number of fused-ring (bicyclic) bond motifs is 2. The summed E-state index contributed by atoms with van der Waals surface area (Å²) < 4.78 is 21.2. The van der Waals surface area contributed by atoms with E-state index in [-0.39, 0.29) is 5.82 Å². The minimum atomic E-state index is -0.257. The molecule has 0 radical (unpaired) electrons. The first-order chi connectivity index (χ1) is 16.6. The lowest BCUT2D eigenvalue weighted by atomic mass is 10.0. The maximum Gasteiger partial charge on any atom is 0.142 e. The molecule has 0 aliphatic carbocycles. The van der Waals surface area contributed by atoms with Gasteiger partial charge in [-0.2, -0.15) is 5.26 Å². The van der Waals surface area contributed by atoms with Gasteiger partial charge in [0, 0.05) is 17.8 Å². The van der Waals surface area contributed by atoms with Crippen molar-refractivity contribution in [2.24, 2.45) is 4.99 Å². The quantitative estimate of drug-likeness (QED) is 0.418. The van der Waals surface area contributed by atoms with E-state index in [9.17, 15) is 9.65 Å². The molecule has 1 aliphatic rings. The van der Waals surface area contributed by atoms with Gasteiger partial charge in [0.2, 0.25) is 0 Å². The van der Waals surface area contributed by atoms with E-state index >= 15 is 0 Å². The van der Waals surface area contributed by atoms with Crippen molar-refractivity contribution in [2.45, 2.75) is 19.9 Å². The highest BCUT2D eigenvalue weighted by Crippen LogP contribution is 2.34. The number of aliphatic imine (C=N–C) groups is 1. The van der Waals surface area contributed by atoms with Crippen LogP contribution in [0.15, 0.2) is 72.5 Å². The largest absolute Gasteiger partial charge is 0.493 e. The third kappa shape index (κ3) is 4.02. The summed E-state index contributed by atoms with van der Waals surface area (Å²) in [5.74, 6) is 0.978. The molecule has 5 rings (SSSR count). The van der Waals surface area contributed by atoms with Crippen LogP contribution in [-0.4, -0.2) is 22.0 Å². The SMILES string of the molecule is C=C1NC(c2cc(C#N)ccc2OCCC)=Nc2cc3ncn(Cc4ccc(F)cc4)c3cc21. The van der Waals surface area contributed by atoms with Crippen molar-refractivity contribution in [1.82, 2.24) is 14.9 Å². The molecule has 0 atom stereocenters. The Labute approximate surface area is 196 Å². The molecule has 0 saturated heterocycles. The van der Waals surface area contributed by atoms with Crippen LogP contribution in [0.5, 0.6) is 5.75 Å². The minimum Gasteiger partial charge on any atom is -0.493 e. The Morgan fingerprint density at radius 1 is 1.12 bits per heavy atom. The fourth-order valence-electron chi connectivity index (χ4n) is 3.95. The topological polar surface area (TPSA) is 75.2 Å². The molecular weight excluding hydrogens is 429 g/mol. The van der Waals surface area contributed by atoms with Crippen LogP contribution in [0.1, 0.15) is 35.6 Å². The first kappa shape index (κ1) is 21.4. The molecule has 4 aromatic rings. The van der Waals surface area contributed by atoms with E-state index in [0.29, 0.717) is 41.6 Å². The van der Waals surface area contributed by atoms with Gasteiger partial charge in [0.1, 0.15) is 17.4 Å². The number of ether oxygens (including phenoxy) is 1. The highest BCUT2D eigenvalue weighted by Gasteiger charge is 2.21. The molecule has 6 nitrogen and oxygen atoms in total. The van der Waals surface area contributed by atoms with E-state index < -0.39 is 0 Å². The second kappa shape index (κ2) is 8.83. The number of nitriles is 1. The predicted molar refractivity (Wildman–Crippen MR) is 131 cm³/mol. The van der Waals surface area contributed by atoms with Crippen molar-refractivity contribution in [2.75, 3.05) is 6.61 Å². The molecule has 0 bridgehead atoms. The Hall–Kier alpha value is -4.44. The number of rotatable bonds is 6. The van der Waals surface area contributed by atoms with Crippen LogP contribution < -0.4 is 10.1 Å². The van der Waals surface area contributed by atoms with Crippen LogP contribution in [0.2, 0.25) is 0 Å². The van der Waals surface area contributed by atoms with E-state index in [1.165, 1.54) is 12.1 Å². The minimum absolute atomic E-state index is 0.257. The second-order valence-electron chi connectivity index (χ2n) is 8.09. The molecule has 34 heavy (non-hydrogen) atoms. The van der Waals surface area contributed by atoms with Crippen molar-refractivity contribution in [3.8, 4) is 11.8 Å². The highest BCUT2D eigenvalue weighted by atomic mass is 19.1. The molecular formula is C27H22FN5O. The Bertz CT molecular complexity index is 1480. The van der Waals surface area contributed by atoms with Gasteiger partial charge in [-0.25, -0.2) is 14.4 Å². The number of hydrogen-bond acceptors (Lipinski definition) is 5. The summed E-state index contributed by atoms with van der Waals surface area (Å²) in [5.41, 5.74) is 6.24. The number of aromatic nitrogens is 2. The van der Waals surface area contributed by atoms with Crippen LogP contribution in [0, 0.1) is 17.1 Å². The maximum atomic E-state index is 13.3. The van der Waals surface area contributed by atoms with Crippen LogP contribution >= 0.6 is 0 Å². The van der Waals surface area contributed by atoms with Gasteiger partial charge in [0.25, 0.3) is 0 Å². The third-order valence-corrected chi connectivity index (χ3v) is 5.66. The van der Waals surface area contributed by atoms with Crippen molar-refractivity contribution in [3.05, 3.63) is 95.6 Å². The molecule has 0 saturated carbocycles. The zero-order valence-electron chi connectivity index (χ0n) is 18.7. The summed E-state index contributed by atoms with van der Waals surface area (Å²) in [6.45, 7) is 7.39. The zero-order valence-corrected chi connectivity index (χ0v) is 18.7. The third-order valence-electron chi connectivity index (χ3n) is 5.66. The monoisotopic (exact) mass is 451 g/mol. The average molecular weight is 452 g/mol. The molecule has 7 heteroatoms. The van der Waals surface area contributed by atoms with Gasteiger partial charge in [-0.15, -0.1) is 0 Å². The Morgan fingerprint density at radius 3 is 2.71 bits per heavy atom. The summed E-state index contributed by atoms with van der Waals surface area (Å²) in [7, 11) is 0. The molecule has 3 aromatic carbocycles. The second-order valence-corrected chi connectivity index (χ2v) is 8.09. The van der Waals surface area contributed by atoms with Crippen molar-refractivity contribution >= 4 is 28.3 Å². The fourth-order valence-corrected chi connectivity index (χ4v) is 3.95. The standard InChI is InChI=1S/C27H22FN5O/c1-3-10-34-26-9-6-19(14-29)11-22(26)27-31-17(2)21-12-25-24(13-23(21)32-27)30-16-33(25)15-18-4-7-20(28)8-5-18/h4-9,11-13,16H,2-3,10,15H2,1H3,(H,31,32). The molecule has 0 fully saturated rings. The summed E-state index contributed by atoms with van der Waals surface area (Å²) in [6.07, 6.45) is 2.64. The lowest BCUT2D eigenvalue weighted by Gasteiger charge is -2.22. The first-order valence-electron chi connectivity index (χ1n) is 11.0. The fraction of sp³-hybridized carbons (Fsp3) is 0.148. The molecule has 168 valence electrons. The van der Waals surface area contributed by atoms with E-state index in [2.05, 4.69) is 22.9 Å². The van der Waals surface area contributed by atoms with Gasteiger partial charge < -0.3 is 14.6 Å². The normalized spacial score (nSPS) is 12.6. The van der Waals surface area contributed by atoms with Crippen LogP contribution in [0.4, 0.5) is 10.1 Å². The lowest BCUT2D eigenvalue weighted by molar-refractivity contribution is 0.317. The summed E-state index contributed by atoms with van der Waals surface area (Å²) in [4.78, 5) is 9.38. The molecule has 0 spiro atoms. The highest BCUT2D eigenvalue weighted by molar-refractivity contribution is 6.10. The number of benzene rings is 3. The smallest absolute Gasteiger partial charge is 0.142 e. The number of nitrogens with zero attached hydrogens (tertiary/aromatic N) is 4. The zero-order chi connectivity index (χ0) is 23.7. The first-order valence-corrected chi connectivity index (χ1v) is 11.0. The number of nitrogens with one attached hydrogen (secondary N) is 1. The number of hydrogen-bond donors (Lipinski definition) is 1. The molecule has 2 heterocycles. The number of amidine groups is 1. The Balaban J connectivity index is 1.55. The van der Waals surface area contributed by atoms with Gasteiger partial charge in [-0.3, -0.25) is 0 Å². The Kier molecular flexibility index (Phi) is 5.56. The molecule has 0 unspecified atom stereocenters. The summed E-state index contributed by atoms with van der Waals surface area (Å²) in [5, 5.41) is 12.7. The molecule has 1 N–H and O–H groups in total. The van der Waals surface area contributed by atoms with Gasteiger partial charge in [-0.05, 0) is 54.4 Å². The average Bonchev–Trinajstić information content (AvgIpc) is 3.24. The molecule has 1 aromatic heterocycles. The maximum absolute atomic E-state index is 13.3.